The van der Waals surface area contributed by atoms with Crippen molar-refractivity contribution < 1.29 is 4.79 Å². The summed E-state index contributed by atoms with van der Waals surface area (Å²) >= 11 is 0. The van der Waals surface area contributed by atoms with E-state index in [1.807, 2.05) is 6.92 Å². The van der Waals surface area contributed by atoms with Gasteiger partial charge in [0, 0.05) is 5.56 Å². The van der Waals surface area contributed by atoms with Crippen molar-refractivity contribution in [3.63, 3.8) is 0 Å². The van der Waals surface area contributed by atoms with E-state index in [0.29, 0.717) is 5.92 Å². The fourth-order valence-corrected chi connectivity index (χ4v) is 3.32. The molecule has 0 N–H and O–H groups in total. The van der Waals surface area contributed by atoms with Crippen LogP contribution in [0.25, 0.3) is 0 Å². The average molecular weight is 303 g/mol. The van der Waals surface area contributed by atoms with Crippen LogP contribution in [0.4, 0.5) is 0 Å². The second kappa shape index (κ2) is 10.6. The monoisotopic (exact) mass is 302 g/mol. The van der Waals surface area contributed by atoms with Crippen LogP contribution in [0.2, 0.25) is 0 Å². The van der Waals surface area contributed by atoms with Crippen molar-refractivity contribution in [1.82, 2.24) is 0 Å². The number of unbranched alkanes of at least 4 members (excludes halogenated alkanes) is 7. The van der Waals surface area contributed by atoms with Gasteiger partial charge in [0.25, 0.3) is 0 Å². The Balaban J connectivity index is 2.37. The maximum Gasteiger partial charge on any atom is 0.150 e. The van der Waals surface area contributed by atoms with Gasteiger partial charge >= 0.3 is 0 Å². The quantitative estimate of drug-likeness (QED) is 0.326. The largest absolute Gasteiger partial charge is 0.298 e. The molecule has 1 unspecified atom stereocenters. The molecule has 0 spiro atoms. The minimum Gasteiger partial charge on any atom is -0.298 e. The standard InChI is InChI=1S/C21H34O/c1-5-6-7-8-9-10-11-12-13-18(3)20-15-17(2)14-19(4)21(20)16-22/h14-16,18H,5-13H2,1-4H3. The fraction of sp³-hybridized carbons (Fsp3) is 0.667. The summed E-state index contributed by atoms with van der Waals surface area (Å²) in [6.45, 7) is 8.70. The molecule has 1 nitrogen and oxygen atoms in total. The van der Waals surface area contributed by atoms with Crippen LogP contribution < -0.4 is 0 Å². The number of carbonyl (C=O) groups is 1. The first-order chi connectivity index (χ1) is 10.6. The third-order valence-corrected chi connectivity index (χ3v) is 4.70. The fourth-order valence-electron chi connectivity index (χ4n) is 3.32. The Morgan fingerprint density at radius 3 is 2.14 bits per heavy atom. The highest BCUT2D eigenvalue weighted by Crippen LogP contribution is 2.27. The van der Waals surface area contributed by atoms with Gasteiger partial charge < -0.3 is 0 Å². The molecule has 1 aromatic carbocycles. The molecule has 0 aliphatic heterocycles. The predicted molar refractivity (Wildman–Crippen MR) is 96.9 cm³/mol. The Bertz CT molecular complexity index is 447. The van der Waals surface area contributed by atoms with Crippen LogP contribution in [0.15, 0.2) is 12.1 Å². The molecule has 1 atom stereocenters. The van der Waals surface area contributed by atoms with Gasteiger partial charge in [0.1, 0.15) is 0 Å². The van der Waals surface area contributed by atoms with E-state index in [4.69, 9.17) is 0 Å². The van der Waals surface area contributed by atoms with Crippen molar-refractivity contribution in [1.29, 1.82) is 0 Å². The highest BCUT2D eigenvalue weighted by Gasteiger charge is 2.12. The summed E-state index contributed by atoms with van der Waals surface area (Å²) in [5.74, 6) is 0.485. The molecular weight excluding hydrogens is 268 g/mol. The Labute approximate surface area is 137 Å². The van der Waals surface area contributed by atoms with Crippen molar-refractivity contribution in [2.75, 3.05) is 0 Å². The van der Waals surface area contributed by atoms with Gasteiger partial charge in [0.2, 0.25) is 0 Å². The normalized spacial score (nSPS) is 12.4. The van der Waals surface area contributed by atoms with Crippen molar-refractivity contribution in [3.05, 3.63) is 34.4 Å². The summed E-state index contributed by atoms with van der Waals surface area (Å²) in [6.07, 6.45) is 13.1. The third kappa shape index (κ3) is 6.34. The third-order valence-electron chi connectivity index (χ3n) is 4.70. The van der Waals surface area contributed by atoms with Crippen LogP contribution in [-0.2, 0) is 0 Å². The van der Waals surface area contributed by atoms with E-state index >= 15 is 0 Å². The van der Waals surface area contributed by atoms with Crippen LogP contribution >= 0.6 is 0 Å². The van der Waals surface area contributed by atoms with Crippen molar-refractivity contribution >= 4 is 6.29 Å². The number of aryl methyl sites for hydroxylation is 2. The second-order valence-corrected chi connectivity index (χ2v) is 6.87. The van der Waals surface area contributed by atoms with Crippen molar-refractivity contribution in [2.45, 2.75) is 91.4 Å². The molecule has 0 aromatic heterocycles. The molecule has 0 radical (unpaired) electrons. The average Bonchev–Trinajstić information content (AvgIpc) is 2.49. The zero-order chi connectivity index (χ0) is 16.4. The summed E-state index contributed by atoms with van der Waals surface area (Å²) in [7, 11) is 0. The van der Waals surface area contributed by atoms with Crippen LogP contribution in [0.1, 0.15) is 105 Å². The summed E-state index contributed by atoms with van der Waals surface area (Å²) in [4.78, 5) is 11.4. The lowest BCUT2D eigenvalue weighted by Gasteiger charge is -2.16. The zero-order valence-corrected chi connectivity index (χ0v) is 15.1. The first-order valence-electron chi connectivity index (χ1n) is 9.16. The SMILES string of the molecule is CCCCCCCCCCC(C)c1cc(C)cc(C)c1C=O. The van der Waals surface area contributed by atoms with E-state index in [0.717, 1.165) is 17.4 Å². The maximum absolute atomic E-state index is 11.4. The first-order valence-corrected chi connectivity index (χ1v) is 9.16. The van der Waals surface area contributed by atoms with E-state index in [1.165, 1.54) is 68.9 Å². The minimum absolute atomic E-state index is 0.485. The highest BCUT2D eigenvalue weighted by atomic mass is 16.1. The number of hydrogen-bond donors (Lipinski definition) is 0. The van der Waals surface area contributed by atoms with Crippen LogP contribution in [0, 0.1) is 13.8 Å². The van der Waals surface area contributed by atoms with Gasteiger partial charge in [-0.05, 0) is 37.3 Å². The predicted octanol–water partition coefficient (Wildman–Crippen LogP) is 6.75. The molecule has 1 heteroatoms. The number of rotatable bonds is 11. The lowest BCUT2D eigenvalue weighted by Crippen LogP contribution is -2.02. The maximum atomic E-state index is 11.4. The summed E-state index contributed by atoms with van der Waals surface area (Å²) in [5, 5.41) is 0. The Morgan fingerprint density at radius 2 is 1.55 bits per heavy atom. The topological polar surface area (TPSA) is 17.1 Å². The number of aldehydes is 1. The summed E-state index contributed by atoms with van der Waals surface area (Å²) < 4.78 is 0. The van der Waals surface area contributed by atoms with Gasteiger partial charge in [0.05, 0.1) is 0 Å². The van der Waals surface area contributed by atoms with E-state index in [-0.39, 0.29) is 0 Å². The molecule has 0 bridgehead atoms. The van der Waals surface area contributed by atoms with Gasteiger partial charge in [-0.2, -0.15) is 0 Å². The summed E-state index contributed by atoms with van der Waals surface area (Å²) in [5.41, 5.74) is 4.54. The van der Waals surface area contributed by atoms with E-state index in [2.05, 4.69) is 32.9 Å². The van der Waals surface area contributed by atoms with Gasteiger partial charge in [0.15, 0.2) is 6.29 Å². The molecule has 0 saturated carbocycles. The molecule has 1 aromatic rings. The van der Waals surface area contributed by atoms with E-state index < -0.39 is 0 Å². The second-order valence-electron chi connectivity index (χ2n) is 6.87. The number of benzene rings is 1. The Kier molecular flexibility index (Phi) is 9.11. The highest BCUT2D eigenvalue weighted by molar-refractivity contribution is 5.80. The van der Waals surface area contributed by atoms with Crippen LogP contribution in [0.3, 0.4) is 0 Å². The molecule has 0 saturated heterocycles. The molecule has 0 aliphatic carbocycles. The minimum atomic E-state index is 0.485. The number of hydrogen-bond acceptors (Lipinski definition) is 1. The van der Waals surface area contributed by atoms with Gasteiger partial charge in [-0.1, -0.05) is 82.9 Å². The molecule has 22 heavy (non-hydrogen) atoms. The van der Waals surface area contributed by atoms with Gasteiger partial charge in [-0.25, -0.2) is 0 Å². The summed E-state index contributed by atoms with van der Waals surface area (Å²) in [6, 6.07) is 4.31. The molecule has 0 aliphatic rings. The van der Waals surface area contributed by atoms with Crippen LogP contribution in [0.5, 0.6) is 0 Å². The van der Waals surface area contributed by atoms with Gasteiger partial charge in [-0.15, -0.1) is 0 Å². The van der Waals surface area contributed by atoms with Crippen molar-refractivity contribution in [2.24, 2.45) is 0 Å². The first kappa shape index (κ1) is 18.9. The van der Waals surface area contributed by atoms with Crippen molar-refractivity contribution in [3.8, 4) is 0 Å². The Hall–Kier alpha value is -1.11. The molecular formula is C21H34O. The molecule has 0 fully saturated rings. The lowest BCUT2D eigenvalue weighted by atomic mass is 9.88. The molecule has 124 valence electrons. The molecule has 0 amide bonds. The lowest BCUT2D eigenvalue weighted by molar-refractivity contribution is 0.112. The van der Waals surface area contributed by atoms with Crippen LogP contribution in [-0.4, -0.2) is 6.29 Å². The smallest absolute Gasteiger partial charge is 0.150 e. The van der Waals surface area contributed by atoms with Gasteiger partial charge in [-0.3, -0.25) is 4.79 Å². The molecule has 1 rings (SSSR count). The Morgan fingerprint density at radius 1 is 0.955 bits per heavy atom. The zero-order valence-electron chi connectivity index (χ0n) is 15.1. The van der Waals surface area contributed by atoms with E-state index in [9.17, 15) is 4.79 Å². The molecule has 0 heterocycles. The number of carbonyl (C=O) groups excluding carboxylic acids is 1. The van der Waals surface area contributed by atoms with E-state index in [1.54, 1.807) is 0 Å².